The van der Waals surface area contributed by atoms with Crippen LogP contribution in [0, 0.1) is 0 Å². The minimum atomic E-state index is 0.492. The lowest BCUT2D eigenvalue weighted by molar-refractivity contribution is 0.325. The van der Waals surface area contributed by atoms with Gasteiger partial charge in [-0.25, -0.2) is 0 Å². The zero-order valence-electron chi connectivity index (χ0n) is 12.0. The second-order valence-corrected chi connectivity index (χ2v) is 6.29. The van der Waals surface area contributed by atoms with Crippen LogP contribution in [0.4, 0.5) is 5.69 Å². The molecule has 0 bridgehead atoms. The van der Waals surface area contributed by atoms with Crippen LogP contribution in [0.25, 0.3) is 5.57 Å². The van der Waals surface area contributed by atoms with Crippen molar-refractivity contribution in [3.8, 4) is 11.5 Å². The molecule has 114 valence electrons. The van der Waals surface area contributed by atoms with Gasteiger partial charge < -0.3 is 20.9 Å². The van der Waals surface area contributed by atoms with E-state index in [2.05, 4.69) is 22.6 Å². The predicted octanol–water partition coefficient (Wildman–Crippen LogP) is 3.19. The summed E-state index contributed by atoms with van der Waals surface area (Å²) in [5, 5.41) is 0. The van der Waals surface area contributed by atoms with Crippen LogP contribution < -0.4 is 20.9 Å². The summed E-state index contributed by atoms with van der Waals surface area (Å²) >= 11 is 2.33. The molecular formula is C17H17IN2O2. The molecule has 0 aliphatic carbocycles. The molecule has 0 amide bonds. The van der Waals surface area contributed by atoms with E-state index in [1.165, 1.54) is 5.57 Å². The molecule has 0 spiro atoms. The number of rotatable bonds is 4. The highest BCUT2D eigenvalue weighted by Crippen LogP contribution is 2.41. The molecule has 0 unspecified atom stereocenters. The molecule has 3 rings (SSSR count). The molecule has 2 aromatic rings. The largest absolute Gasteiger partial charge is 0.492 e. The Kier molecular flexibility index (Phi) is 4.54. The number of nitrogens with two attached hydrogens (primary N) is 2. The van der Waals surface area contributed by atoms with Crippen molar-refractivity contribution in [2.75, 3.05) is 25.5 Å². The topological polar surface area (TPSA) is 70.5 Å². The van der Waals surface area contributed by atoms with Crippen LogP contribution in [-0.4, -0.2) is 19.8 Å². The van der Waals surface area contributed by atoms with Gasteiger partial charge >= 0.3 is 0 Å². The standard InChI is InChI=1S/C17H17IN2O2/c18-15-10-22-16-6-5-13(21-8-7-19)9-14(16)17(15)11-1-3-12(20)4-2-11/h1-6,9H,7-8,10,19-20H2. The number of nitrogen functional groups attached to an aromatic ring is 1. The maximum Gasteiger partial charge on any atom is 0.127 e. The quantitative estimate of drug-likeness (QED) is 0.602. The Labute approximate surface area is 143 Å². The molecule has 0 fully saturated rings. The highest BCUT2D eigenvalue weighted by Gasteiger charge is 2.21. The minimum absolute atomic E-state index is 0.492. The Morgan fingerprint density at radius 3 is 2.64 bits per heavy atom. The Hall–Kier alpha value is -1.73. The van der Waals surface area contributed by atoms with Crippen molar-refractivity contribution in [1.82, 2.24) is 0 Å². The van der Waals surface area contributed by atoms with Gasteiger partial charge in [-0.15, -0.1) is 0 Å². The highest BCUT2D eigenvalue weighted by atomic mass is 127. The minimum Gasteiger partial charge on any atom is -0.492 e. The van der Waals surface area contributed by atoms with Gasteiger partial charge in [-0.3, -0.25) is 0 Å². The monoisotopic (exact) mass is 408 g/mol. The van der Waals surface area contributed by atoms with Gasteiger partial charge in [0.05, 0.1) is 0 Å². The summed E-state index contributed by atoms with van der Waals surface area (Å²) < 4.78 is 12.6. The fraction of sp³-hybridized carbons (Fsp3) is 0.176. The molecule has 22 heavy (non-hydrogen) atoms. The first-order chi connectivity index (χ1) is 10.7. The maximum atomic E-state index is 5.80. The van der Waals surface area contributed by atoms with E-state index in [4.69, 9.17) is 20.9 Å². The summed E-state index contributed by atoms with van der Waals surface area (Å²) in [4.78, 5) is 0. The summed E-state index contributed by atoms with van der Waals surface area (Å²) in [7, 11) is 0. The van der Waals surface area contributed by atoms with Gasteiger partial charge in [0.25, 0.3) is 0 Å². The third-order valence-electron chi connectivity index (χ3n) is 3.43. The molecule has 2 aromatic carbocycles. The molecule has 0 saturated heterocycles. The third kappa shape index (κ3) is 3.05. The number of benzene rings is 2. The number of hydrogen-bond donors (Lipinski definition) is 2. The van der Waals surface area contributed by atoms with Gasteiger partial charge in [0.1, 0.15) is 24.7 Å². The third-order valence-corrected chi connectivity index (χ3v) is 4.28. The van der Waals surface area contributed by atoms with Crippen molar-refractivity contribution in [2.45, 2.75) is 0 Å². The van der Waals surface area contributed by atoms with Gasteiger partial charge in [-0.1, -0.05) is 12.1 Å². The summed E-state index contributed by atoms with van der Waals surface area (Å²) in [6.45, 7) is 1.57. The summed E-state index contributed by atoms with van der Waals surface area (Å²) in [5.74, 6) is 1.67. The zero-order chi connectivity index (χ0) is 15.5. The summed E-state index contributed by atoms with van der Waals surface area (Å²) in [6, 6.07) is 13.8. The Morgan fingerprint density at radius 2 is 1.91 bits per heavy atom. The Morgan fingerprint density at radius 1 is 1.14 bits per heavy atom. The van der Waals surface area contributed by atoms with Crippen molar-refractivity contribution < 1.29 is 9.47 Å². The average molecular weight is 408 g/mol. The van der Waals surface area contributed by atoms with Crippen LogP contribution >= 0.6 is 22.6 Å². The lowest BCUT2D eigenvalue weighted by Crippen LogP contribution is -2.12. The van der Waals surface area contributed by atoms with Gasteiger partial charge in [-0.2, -0.15) is 0 Å². The van der Waals surface area contributed by atoms with Crippen molar-refractivity contribution >= 4 is 33.9 Å². The molecule has 1 aliphatic rings. The van der Waals surface area contributed by atoms with Crippen LogP contribution in [-0.2, 0) is 0 Å². The van der Waals surface area contributed by atoms with E-state index in [0.717, 1.165) is 31.9 Å². The molecule has 1 aliphatic heterocycles. The molecule has 5 heteroatoms. The molecule has 0 saturated carbocycles. The number of halogens is 1. The van der Waals surface area contributed by atoms with Gasteiger partial charge in [0.2, 0.25) is 0 Å². The number of anilines is 1. The van der Waals surface area contributed by atoms with Crippen molar-refractivity contribution in [1.29, 1.82) is 0 Å². The van der Waals surface area contributed by atoms with Crippen molar-refractivity contribution in [3.05, 3.63) is 57.2 Å². The molecule has 0 aromatic heterocycles. The smallest absolute Gasteiger partial charge is 0.127 e. The van der Waals surface area contributed by atoms with Crippen molar-refractivity contribution in [3.63, 3.8) is 0 Å². The lowest BCUT2D eigenvalue weighted by atomic mass is 9.95. The van der Waals surface area contributed by atoms with Crippen LogP contribution in [0.5, 0.6) is 11.5 Å². The number of fused-ring (bicyclic) bond motifs is 1. The predicted molar refractivity (Wildman–Crippen MR) is 97.4 cm³/mol. The van der Waals surface area contributed by atoms with E-state index in [1.54, 1.807) is 0 Å². The first-order valence-electron chi connectivity index (χ1n) is 7.03. The number of ether oxygens (including phenoxy) is 2. The fourth-order valence-electron chi connectivity index (χ4n) is 2.42. The molecule has 0 atom stereocenters. The SMILES string of the molecule is NCCOc1ccc2c(c1)C(c1ccc(N)cc1)=C(I)CO2. The van der Waals surface area contributed by atoms with E-state index in [0.29, 0.717) is 19.8 Å². The molecule has 4 nitrogen and oxygen atoms in total. The Bertz CT molecular complexity index is 711. The van der Waals surface area contributed by atoms with Crippen molar-refractivity contribution in [2.24, 2.45) is 5.73 Å². The van der Waals surface area contributed by atoms with Gasteiger partial charge in [-0.05, 0) is 58.5 Å². The van der Waals surface area contributed by atoms with E-state index in [-0.39, 0.29) is 0 Å². The molecular weight excluding hydrogens is 391 g/mol. The summed E-state index contributed by atoms with van der Waals surface area (Å²) in [6.07, 6.45) is 0. The van der Waals surface area contributed by atoms with Crippen LogP contribution in [0.3, 0.4) is 0 Å². The average Bonchev–Trinajstić information content (AvgIpc) is 2.54. The number of hydrogen-bond acceptors (Lipinski definition) is 4. The van der Waals surface area contributed by atoms with E-state index in [1.807, 2.05) is 42.5 Å². The normalized spacial score (nSPS) is 13.5. The summed E-state index contributed by atoms with van der Waals surface area (Å²) in [5.41, 5.74) is 15.4. The van der Waals surface area contributed by atoms with Gasteiger partial charge in [0.15, 0.2) is 0 Å². The van der Waals surface area contributed by atoms with Crippen LogP contribution in [0.15, 0.2) is 46.0 Å². The zero-order valence-corrected chi connectivity index (χ0v) is 14.2. The Balaban J connectivity index is 2.05. The second-order valence-electron chi connectivity index (χ2n) is 4.99. The lowest BCUT2D eigenvalue weighted by Gasteiger charge is -2.22. The molecule has 1 heterocycles. The van der Waals surface area contributed by atoms with Crippen LogP contribution in [0.1, 0.15) is 11.1 Å². The molecule has 4 N–H and O–H groups in total. The first-order valence-corrected chi connectivity index (χ1v) is 8.11. The second kappa shape index (κ2) is 6.58. The first kappa shape index (κ1) is 15.2. The van der Waals surface area contributed by atoms with E-state index >= 15 is 0 Å². The van der Waals surface area contributed by atoms with Crippen LogP contribution in [0.2, 0.25) is 0 Å². The van der Waals surface area contributed by atoms with E-state index in [9.17, 15) is 0 Å². The van der Waals surface area contributed by atoms with Gasteiger partial charge in [0, 0.05) is 26.9 Å². The fourth-order valence-corrected chi connectivity index (χ4v) is 3.18. The maximum absolute atomic E-state index is 5.80. The highest BCUT2D eigenvalue weighted by molar-refractivity contribution is 14.1. The molecule has 0 radical (unpaired) electrons. The van der Waals surface area contributed by atoms with E-state index < -0.39 is 0 Å².